The Kier molecular flexibility index (Phi) is 6.46. The van der Waals surface area contributed by atoms with Crippen LogP contribution in [0.15, 0.2) is 33.9 Å². The summed E-state index contributed by atoms with van der Waals surface area (Å²) in [7, 11) is -2.47. The van der Waals surface area contributed by atoms with Crippen LogP contribution in [0.5, 0.6) is 0 Å². The van der Waals surface area contributed by atoms with E-state index in [4.69, 9.17) is 0 Å². The van der Waals surface area contributed by atoms with Gasteiger partial charge in [-0.15, -0.1) is 22.7 Å². The van der Waals surface area contributed by atoms with E-state index in [9.17, 15) is 13.2 Å². The number of carbonyl (C=O) groups excluding carboxylic acids is 1. The standard InChI is InChI=1S/C17H22N2O4S3/c1-23-17(20)16-15(6-12-25-16)26(21,22)18-7-10-19-8-4-13(5-9-19)14-3-2-11-24-14/h2-3,6,11-13,18H,4-5,7-10H2,1H3. The molecule has 3 heterocycles. The fourth-order valence-corrected chi connectivity index (χ4v) is 6.38. The van der Waals surface area contributed by atoms with Crippen LogP contribution in [0.3, 0.4) is 0 Å². The van der Waals surface area contributed by atoms with Crippen LogP contribution >= 0.6 is 22.7 Å². The summed E-state index contributed by atoms with van der Waals surface area (Å²) in [6.45, 7) is 2.92. The van der Waals surface area contributed by atoms with Gasteiger partial charge in [-0.2, -0.15) is 0 Å². The Labute approximate surface area is 161 Å². The van der Waals surface area contributed by atoms with Crippen molar-refractivity contribution < 1.29 is 17.9 Å². The summed E-state index contributed by atoms with van der Waals surface area (Å²) < 4.78 is 32.1. The summed E-state index contributed by atoms with van der Waals surface area (Å²) in [5, 5.41) is 3.69. The first-order chi connectivity index (χ1) is 12.5. The summed E-state index contributed by atoms with van der Waals surface area (Å²) in [5.74, 6) is -0.00705. The number of ether oxygens (including phenoxy) is 1. The fraction of sp³-hybridized carbons (Fsp3) is 0.471. The minimum atomic E-state index is -3.72. The molecule has 0 aromatic carbocycles. The number of piperidine rings is 1. The number of sulfonamides is 1. The maximum Gasteiger partial charge on any atom is 0.349 e. The number of nitrogens with one attached hydrogen (secondary N) is 1. The van der Waals surface area contributed by atoms with Crippen LogP contribution < -0.4 is 4.72 Å². The van der Waals surface area contributed by atoms with E-state index in [0.29, 0.717) is 19.0 Å². The first-order valence-corrected chi connectivity index (χ1v) is 11.7. The van der Waals surface area contributed by atoms with Gasteiger partial charge in [0.05, 0.1) is 7.11 Å². The van der Waals surface area contributed by atoms with Crippen LogP contribution in [0.4, 0.5) is 0 Å². The van der Waals surface area contributed by atoms with E-state index >= 15 is 0 Å². The topological polar surface area (TPSA) is 75.7 Å². The molecule has 2 aromatic heterocycles. The first-order valence-electron chi connectivity index (χ1n) is 8.42. The Morgan fingerprint density at radius 2 is 2.04 bits per heavy atom. The van der Waals surface area contributed by atoms with Gasteiger partial charge in [0.2, 0.25) is 10.0 Å². The van der Waals surface area contributed by atoms with Crippen molar-refractivity contribution in [3.8, 4) is 0 Å². The molecule has 6 nitrogen and oxygen atoms in total. The van der Waals surface area contributed by atoms with E-state index in [1.54, 1.807) is 5.38 Å². The number of nitrogens with zero attached hydrogens (tertiary/aromatic N) is 1. The lowest BCUT2D eigenvalue weighted by Crippen LogP contribution is -2.39. The van der Waals surface area contributed by atoms with Gasteiger partial charge in [-0.1, -0.05) is 6.07 Å². The summed E-state index contributed by atoms with van der Waals surface area (Å²) >= 11 is 2.88. The largest absolute Gasteiger partial charge is 0.465 e. The Balaban J connectivity index is 1.49. The third-order valence-corrected chi connectivity index (χ3v) is 8.10. The highest BCUT2D eigenvalue weighted by Crippen LogP contribution is 2.30. The van der Waals surface area contributed by atoms with Crippen molar-refractivity contribution in [2.75, 3.05) is 33.3 Å². The van der Waals surface area contributed by atoms with Gasteiger partial charge in [-0.3, -0.25) is 0 Å². The van der Waals surface area contributed by atoms with Crippen molar-refractivity contribution in [3.63, 3.8) is 0 Å². The second-order valence-electron chi connectivity index (χ2n) is 6.13. The van der Waals surface area contributed by atoms with E-state index in [1.807, 2.05) is 11.3 Å². The van der Waals surface area contributed by atoms with Crippen molar-refractivity contribution in [2.45, 2.75) is 23.7 Å². The van der Waals surface area contributed by atoms with Gasteiger partial charge in [-0.25, -0.2) is 17.9 Å². The van der Waals surface area contributed by atoms with E-state index in [2.05, 4.69) is 31.9 Å². The lowest BCUT2D eigenvalue weighted by Gasteiger charge is -2.31. The number of hydrogen-bond donors (Lipinski definition) is 1. The van der Waals surface area contributed by atoms with Crippen molar-refractivity contribution >= 4 is 38.7 Å². The zero-order valence-corrected chi connectivity index (χ0v) is 17.0. The normalized spacial score (nSPS) is 16.7. The Morgan fingerprint density at radius 3 is 2.69 bits per heavy atom. The molecule has 0 amide bonds. The highest BCUT2D eigenvalue weighted by Gasteiger charge is 2.25. The van der Waals surface area contributed by atoms with Crippen molar-refractivity contribution in [1.82, 2.24) is 9.62 Å². The fourth-order valence-electron chi connectivity index (χ4n) is 3.13. The minimum absolute atomic E-state index is 0.00856. The smallest absolute Gasteiger partial charge is 0.349 e. The van der Waals surface area contributed by atoms with Crippen molar-refractivity contribution in [3.05, 3.63) is 38.7 Å². The van der Waals surface area contributed by atoms with E-state index in [0.717, 1.165) is 37.3 Å². The van der Waals surface area contributed by atoms with Gasteiger partial charge in [0.1, 0.15) is 9.77 Å². The molecule has 9 heteroatoms. The number of carbonyl (C=O) groups is 1. The molecule has 1 aliphatic heterocycles. The second kappa shape index (κ2) is 8.62. The quantitative estimate of drug-likeness (QED) is 0.705. The summed E-state index contributed by atoms with van der Waals surface area (Å²) in [6, 6.07) is 5.72. The highest BCUT2D eigenvalue weighted by atomic mass is 32.2. The molecule has 0 aliphatic carbocycles. The first kappa shape index (κ1) is 19.5. The van der Waals surface area contributed by atoms with Crippen molar-refractivity contribution in [1.29, 1.82) is 0 Å². The van der Waals surface area contributed by atoms with Crippen LogP contribution in [0.1, 0.15) is 33.3 Å². The zero-order valence-electron chi connectivity index (χ0n) is 14.5. The van der Waals surface area contributed by atoms with Crippen LogP contribution in [-0.2, 0) is 14.8 Å². The molecule has 2 aromatic rings. The summed E-state index contributed by atoms with van der Waals surface area (Å²) in [5.41, 5.74) is 0. The predicted octanol–water partition coefficient (Wildman–Crippen LogP) is 2.75. The number of methoxy groups -OCH3 is 1. The number of thiophene rings is 2. The molecular formula is C17H22N2O4S3. The van der Waals surface area contributed by atoms with E-state index in [-0.39, 0.29) is 9.77 Å². The summed E-state index contributed by atoms with van der Waals surface area (Å²) in [4.78, 5) is 15.5. The maximum absolute atomic E-state index is 12.5. The molecule has 1 aliphatic rings. The molecule has 3 rings (SSSR count). The van der Waals surface area contributed by atoms with E-state index < -0.39 is 16.0 Å². The number of esters is 1. The Morgan fingerprint density at radius 1 is 1.27 bits per heavy atom. The lowest BCUT2D eigenvalue weighted by molar-refractivity contribution is 0.0602. The third kappa shape index (κ3) is 4.52. The molecule has 0 saturated carbocycles. The summed E-state index contributed by atoms with van der Waals surface area (Å²) in [6.07, 6.45) is 2.20. The Hall–Kier alpha value is -1.26. The molecule has 1 saturated heterocycles. The molecule has 1 N–H and O–H groups in total. The van der Waals surface area contributed by atoms with Crippen molar-refractivity contribution in [2.24, 2.45) is 0 Å². The zero-order chi connectivity index (χ0) is 18.6. The third-order valence-electron chi connectivity index (χ3n) is 4.54. The lowest BCUT2D eigenvalue weighted by atomic mass is 9.95. The molecular weight excluding hydrogens is 392 g/mol. The molecule has 0 spiro atoms. The predicted molar refractivity (Wildman–Crippen MR) is 104 cm³/mol. The van der Waals surface area contributed by atoms with Crippen LogP contribution in [0.25, 0.3) is 0 Å². The maximum atomic E-state index is 12.5. The molecule has 0 unspecified atom stereocenters. The Bertz CT molecular complexity index is 822. The van der Waals surface area contributed by atoms with Crippen LogP contribution in [0, 0.1) is 0 Å². The highest BCUT2D eigenvalue weighted by molar-refractivity contribution is 7.89. The average molecular weight is 415 g/mol. The molecule has 26 heavy (non-hydrogen) atoms. The second-order valence-corrected chi connectivity index (χ2v) is 9.77. The van der Waals surface area contributed by atoms with Crippen LogP contribution in [0.2, 0.25) is 0 Å². The van der Waals surface area contributed by atoms with Gasteiger partial charge in [-0.05, 0) is 54.7 Å². The van der Waals surface area contributed by atoms with Gasteiger partial charge in [0.25, 0.3) is 0 Å². The van der Waals surface area contributed by atoms with Gasteiger partial charge in [0, 0.05) is 18.0 Å². The van der Waals surface area contributed by atoms with E-state index in [1.165, 1.54) is 18.1 Å². The molecule has 142 valence electrons. The minimum Gasteiger partial charge on any atom is -0.465 e. The molecule has 1 fully saturated rings. The molecule has 0 bridgehead atoms. The SMILES string of the molecule is COC(=O)c1sccc1S(=O)(=O)NCCN1CCC(c2cccs2)CC1. The molecule has 0 atom stereocenters. The molecule has 0 radical (unpaired) electrons. The number of hydrogen-bond acceptors (Lipinski definition) is 7. The van der Waals surface area contributed by atoms with Crippen LogP contribution in [-0.4, -0.2) is 52.6 Å². The van der Waals surface area contributed by atoms with Gasteiger partial charge in [0.15, 0.2) is 0 Å². The average Bonchev–Trinajstić information content (AvgIpc) is 3.33. The number of rotatable bonds is 7. The van der Waals surface area contributed by atoms with Gasteiger partial charge >= 0.3 is 5.97 Å². The number of likely N-dealkylation sites (tertiary alicyclic amines) is 1. The monoisotopic (exact) mass is 414 g/mol. The van der Waals surface area contributed by atoms with Gasteiger partial charge < -0.3 is 9.64 Å².